The summed E-state index contributed by atoms with van der Waals surface area (Å²) >= 11 is 0. The van der Waals surface area contributed by atoms with Gasteiger partial charge in [0.25, 0.3) is 0 Å². The van der Waals surface area contributed by atoms with E-state index >= 15 is 0 Å². The van der Waals surface area contributed by atoms with E-state index in [2.05, 4.69) is 4.98 Å². The summed E-state index contributed by atoms with van der Waals surface area (Å²) in [7, 11) is 4.55. The van der Waals surface area contributed by atoms with E-state index in [9.17, 15) is 14.7 Å². The molecule has 4 aromatic carbocycles. The third kappa shape index (κ3) is 6.44. The molecule has 0 spiro atoms. The number of aromatic nitrogens is 2. The number of nitrogen functional groups attached to an aromatic ring is 1. The average Bonchev–Trinajstić information content (AvgIpc) is 3.47. The summed E-state index contributed by atoms with van der Waals surface area (Å²) in [6.45, 7) is 0. The van der Waals surface area contributed by atoms with Gasteiger partial charge in [-0.15, -0.1) is 0 Å². The number of ketones is 1. The molecule has 252 valence electrons. The molecule has 11 nitrogen and oxygen atoms in total. The Morgan fingerprint density at radius 1 is 0.816 bits per heavy atom. The summed E-state index contributed by atoms with van der Waals surface area (Å²) in [5, 5.41) is 11.9. The number of nitrogens with two attached hydrogens (primary N) is 1. The second-order valence-corrected chi connectivity index (χ2v) is 11.5. The van der Waals surface area contributed by atoms with Crippen molar-refractivity contribution < 1.29 is 33.6 Å². The van der Waals surface area contributed by atoms with Crippen LogP contribution >= 0.6 is 0 Å². The molecule has 0 amide bonds. The van der Waals surface area contributed by atoms with Gasteiger partial charge in [0.1, 0.15) is 41.2 Å². The smallest absolute Gasteiger partial charge is 0.351 e. The van der Waals surface area contributed by atoms with Gasteiger partial charge >= 0.3 is 5.69 Å². The van der Waals surface area contributed by atoms with Crippen molar-refractivity contribution in [1.82, 2.24) is 9.55 Å². The highest BCUT2D eigenvalue weighted by molar-refractivity contribution is 6.00. The van der Waals surface area contributed by atoms with Gasteiger partial charge in [0, 0.05) is 18.9 Å². The fourth-order valence-corrected chi connectivity index (χ4v) is 6.28. The van der Waals surface area contributed by atoms with Gasteiger partial charge in [-0.3, -0.25) is 9.36 Å². The van der Waals surface area contributed by atoms with Crippen LogP contribution in [0.2, 0.25) is 0 Å². The van der Waals surface area contributed by atoms with Gasteiger partial charge in [-0.25, -0.2) is 4.79 Å². The number of hydrogen-bond acceptors (Lipinski definition) is 10. The second kappa shape index (κ2) is 14.4. The number of aliphatic hydroxyl groups is 1. The van der Waals surface area contributed by atoms with Crippen LogP contribution in [0.1, 0.15) is 33.3 Å². The lowest BCUT2D eigenvalue weighted by molar-refractivity contribution is -0.127. The fraction of sp³-hybridized carbons (Fsp3) is 0.237. The van der Waals surface area contributed by atoms with Crippen molar-refractivity contribution in [3.63, 3.8) is 0 Å². The van der Waals surface area contributed by atoms with Crippen LogP contribution in [0.4, 0.5) is 5.82 Å². The van der Waals surface area contributed by atoms with Crippen molar-refractivity contribution in [2.45, 2.75) is 36.2 Å². The number of methoxy groups -OCH3 is 3. The predicted octanol–water partition coefficient (Wildman–Crippen LogP) is 4.38. The van der Waals surface area contributed by atoms with Crippen LogP contribution in [0.15, 0.2) is 126 Å². The summed E-state index contributed by atoms with van der Waals surface area (Å²) < 4.78 is 31.5. The maximum absolute atomic E-state index is 14.7. The maximum atomic E-state index is 14.7. The molecule has 2 heterocycles. The van der Waals surface area contributed by atoms with Crippen LogP contribution in [0.25, 0.3) is 0 Å². The molecule has 5 atom stereocenters. The van der Waals surface area contributed by atoms with E-state index < -0.39 is 47.7 Å². The monoisotopic (exact) mass is 663 g/mol. The first-order valence-electron chi connectivity index (χ1n) is 15.6. The molecule has 1 aliphatic rings. The van der Waals surface area contributed by atoms with Crippen molar-refractivity contribution >= 4 is 11.6 Å². The number of aliphatic hydroxyl groups excluding tert-OH is 1. The molecule has 1 aliphatic heterocycles. The number of carbonyl (C=O) groups is 1. The average molecular weight is 664 g/mol. The van der Waals surface area contributed by atoms with E-state index in [4.69, 9.17) is 29.4 Å². The first-order valence-corrected chi connectivity index (χ1v) is 15.6. The lowest BCUT2D eigenvalue weighted by Gasteiger charge is -2.40. The molecule has 11 heteroatoms. The number of Topliss-reactive ketones (excluding diaryl/α,β-unsaturated/α-hetero) is 1. The summed E-state index contributed by atoms with van der Waals surface area (Å²) in [6.07, 6.45) is -5.00. The molecule has 6 rings (SSSR count). The number of hydrogen-bond donors (Lipinski definition) is 2. The highest BCUT2D eigenvalue weighted by Gasteiger charge is 2.54. The first-order chi connectivity index (χ1) is 23.8. The molecule has 1 aromatic heterocycles. The van der Waals surface area contributed by atoms with Gasteiger partial charge < -0.3 is 34.5 Å². The predicted molar refractivity (Wildman–Crippen MR) is 182 cm³/mol. The molecule has 0 saturated carbocycles. The normalized spacial score (nSPS) is 19.7. The van der Waals surface area contributed by atoms with Crippen molar-refractivity contribution in [3.8, 4) is 11.5 Å². The van der Waals surface area contributed by atoms with Crippen molar-refractivity contribution in [2.24, 2.45) is 0 Å². The number of rotatable bonds is 12. The second-order valence-electron chi connectivity index (χ2n) is 11.5. The van der Waals surface area contributed by atoms with Gasteiger partial charge in [0.2, 0.25) is 0 Å². The van der Waals surface area contributed by atoms with Crippen LogP contribution in [-0.2, 0) is 19.8 Å². The van der Waals surface area contributed by atoms with Crippen LogP contribution in [0, 0.1) is 0 Å². The molecular weight excluding hydrogens is 626 g/mol. The molecular formula is C38H37N3O8. The molecule has 1 saturated heterocycles. The Bertz CT molecular complexity index is 1870. The molecule has 1 fully saturated rings. The zero-order valence-electron chi connectivity index (χ0n) is 27.2. The van der Waals surface area contributed by atoms with Gasteiger partial charge in [-0.05, 0) is 47.0 Å². The summed E-state index contributed by atoms with van der Waals surface area (Å²) in [4.78, 5) is 31.5. The highest BCUT2D eigenvalue weighted by atomic mass is 16.6. The molecule has 0 bridgehead atoms. The van der Waals surface area contributed by atoms with E-state index in [0.717, 1.165) is 0 Å². The Balaban J connectivity index is 1.57. The number of carbonyl (C=O) groups excluding carboxylic acids is 1. The third-order valence-electron chi connectivity index (χ3n) is 8.74. The summed E-state index contributed by atoms with van der Waals surface area (Å²) in [5.41, 5.74) is 5.96. The van der Waals surface area contributed by atoms with Crippen LogP contribution in [0.5, 0.6) is 11.5 Å². The number of benzene rings is 4. The van der Waals surface area contributed by atoms with Gasteiger partial charge in [-0.2, -0.15) is 4.98 Å². The Morgan fingerprint density at radius 3 is 1.86 bits per heavy atom. The van der Waals surface area contributed by atoms with Gasteiger partial charge in [0.15, 0.2) is 18.1 Å². The van der Waals surface area contributed by atoms with Crippen LogP contribution in [-0.4, -0.2) is 66.2 Å². The van der Waals surface area contributed by atoms with Crippen LogP contribution < -0.4 is 20.9 Å². The van der Waals surface area contributed by atoms with E-state index in [1.807, 2.05) is 78.9 Å². The maximum Gasteiger partial charge on any atom is 0.351 e. The Labute approximate surface area is 283 Å². The molecule has 1 unspecified atom stereocenters. The molecule has 3 N–H and O–H groups in total. The number of ether oxygens (including phenoxy) is 5. The highest BCUT2D eigenvalue weighted by Crippen LogP contribution is 2.45. The van der Waals surface area contributed by atoms with Crippen molar-refractivity contribution in [1.29, 1.82) is 0 Å². The van der Waals surface area contributed by atoms with Gasteiger partial charge in [-0.1, -0.05) is 84.9 Å². The summed E-state index contributed by atoms with van der Waals surface area (Å²) in [5.74, 6) is 0.822. The zero-order valence-corrected chi connectivity index (χ0v) is 27.2. The number of nitrogens with zero attached hydrogens (tertiary/aromatic N) is 2. The minimum Gasteiger partial charge on any atom is -0.497 e. The summed E-state index contributed by atoms with van der Waals surface area (Å²) in [6, 6.07) is 34.3. The SMILES string of the molecule is COc1ccc(C(OC(C(=O)c2ccccc2)[C@H]2O[C@@H](n3ccc(N)nc3=O)[C@H](OC)[C@@H]2O)(c2ccccc2)c2ccc(OC)cc2)cc1. The van der Waals surface area contributed by atoms with Crippen molar-refractivity contribution in [3.05, 3.63) is 154 Å². The third-order valence-corrected chi connectivity index (χ3v) is 8.74. The lowest BCUT2D eigenvalue weighted by Crippen LogP contribution is -2.49. The number of anilines is 1. The van der Waals surface area contributed by atoms with E-state index in [1.54, 1.807) is 44.6 Å². The Kier molecular flexibility index (Phi) is 9.88. The topological polar surface area (TPSA) is 144 Å². The largest absolute Gasteiger partial charge is 0.497 e. The minimum absolute atomic E-state index is 0.0254. The quantitative estimate of drug-likeness (QED) is 0.146. The molecule has 5 aromatic rings. The molecule has 0 radical (unpaired) electrons. The van der Waals surface area contributed by atoms with E-state index in [-0.39, 0.29) is 5.82 Å². The van der Waals surface area contributed by atoms with E-state index in [0.29, 0.717) is 33.8 Å². The van der Waals surface area contributed by atoms with Gasteiger partial charge in [0.05, 0.1) is 14.2 Å². The first kappa shape index (κ1) is 33.6. The Morgan fingerprint density at radius 2 is 1.35 bits per heavy atom. The van der Waals surface area contributed by atoms with Crippen LogP contribution in [0.3, 0.4) is 0 Å². The lowest BCUT2D eigenvalue weighted by atomic mass is 9.79. The minimum atomic E-state index is -1.45. The van der Waals surface area contributed by atoms with Crippen molar-refractivity contribution in [2.75, 3.05) is 27.1 Å². The Hall–Kier alpha value is -5.33. The van der Waals surface area contributed by atoms with E-state index in [1.165, 1.54) is 23.9 Å². The zero-order chi connectivity index (χ0) is 34.5. The fourth-order valence-electron chi connectivity index (χ4n) is 6.28. The standard InChI is InChI=1S/C38H37N3O8/c1-45-28-18-14-26(15-19-28)38(25-12-8-5-9-13-25,27-16-20-29(46-2)21-17-27)49-34(31(42)24-10-6-4-7-11-24)33-32(43)35(47-3)36(48-33)41-23-22-30(39)40-37(41)44/h4-23,32-36,43H,1-3H3,(H2,39,40,44)/t32-,33+,34?,35-,36-/m1/s1. The molecule has 0 aliphatic carbocycles. The molecule has 49 heavy (non-hydrogen) atoms.